The number of nitrogens with one attached hydrogen (secondary N) is 1. The quantitative estimate of drug-likeness (QED) is 0.644. The van der Waals surface area contributed by atoms with Gasteiger partial charge in [-0.3, -0.25) is 9.63 Å². The SMILES string of the molecule is CN(OCC(=O)O)C(=O)[C@@H]1CC[C@H](NC(=O)OCC2c3ccccc3-c3ccccc32)C1. The first kappa shape index (κ1) is 21.8. The summed E-state index contributed by atoms with van der Waals surface area (Å²) in [4.78, 5) is 40.3. The summed E-state index contributed by atoms with van der Waals surface area (Å²) in [6.07, 6.45) is 1.20. The Balaban J connectivity index is 1.29. The van der Waals surface area contributed by atoms with Gasteiger partial charge in [-0.25, -0.2) is 14.7 Å². The number of hydroxylamine groups is 2. The van der Waals surface area contributed by atoms with Crippen LogP contribution in [0.15, 0.2) is 48.5 Å². The zero-order valence-electron chi connectivity index (χ0n) is 17.8. The maximum atomic E-state index is 12.4. The summed E-state index contributed by atoms with van der Waals surface area (Å²) in [6, 6.07) is 16.1. The summed E-state index contributed by atoms with van der Waals surface area (Å²) in [6.45, 7) is -0.336. The number of carbonyl (C=O) groups is 3. The van der Waals surface area contributed by atoms with Crippen LogP contribution < -0.4 is 5.32 Å². The van der Waals surface area contributed by atoms with Crippen LogP contribution in [0.2, 0.25) is 0 Å². The summed E-state index contributed by atoms with van der Waals surface area (Å²) in [5.41, 5.74) is 4.64. The molecule has 32 heavy (non-hydrogen) atoms. The van der Waals surface area contributed by atoms with E-state index in [1.54, 1.807) is 0 Å². The molecular weight excluding hydrogens is 412 g/mol. The Bertz CT molecular complexity index is 978. The lowest BCUT2D eigenvalue weighted by Crippen LogP contribution is -2.36. The Morgan fingerprint density at radius 1 is 1.03 bits per heavy atom. The number of fused-ring (bicyclic) bond motifs is 3. The van der Waals surface area contributed by atoms with E-state index in [0.717, 1.165) is 16.2 Å². The van der Waals surface area contributed by atoms with Crippen molar-refractivity contribution in [1.29, 1.82) is 0 Å². The van der Waals surface area contributed by atoms with Crippen LogP contribution >= 0.6 is 0 Å². The van der Waals surface area contributed by atoms with Gasteiger partial charge in [0.25, 0.3) is 0 Å². The second-order valence-electron chi connectivity index (χ2n) is 8.18. The van der Waals surface area contributed by atoms with Crippen LogP contribution in [0.3, 0.4) is 0 Å². The van der Waals surface area contributed by atoms with E-state index < -0.39 is 18.7 Å². The molecule has 2 aliphatic carbocycles. The molecule has 0 aliphatic heterocycles. The number of amides is 2. The molecule has 8 nitrogen and oxygen atoms in total. The molecule has 2 N–H and O–H groups in total. The molecule has 1 fully saturated rings. The number of rotatable bonds is 7. The van der Waals surface area contributed by atoms with Crippen LogP contribution in [0, 0.1) is 5.92 Å². The predicted octanol–water partition coefficient (Wildman–Crippen LogP) is 3.17. The summed E-state index contributed by atoms with van der Waals surface area (Å²) in [5.74, 6) is -1.77. The predicted molar refractivity (Wildman–Crippen MR) is 116 cm³/mol. The lowest BCUT2D eigenvalue weighted by atomic mass is 9.98. The van der Waals surface area contributed by atoms with Gasteiger partial charge < -0.3 is 15.2 Å². The highest BCUT2D eigenvalue weighted by atomic mass is 16.7. The van der Waals surface area contributed by atoms with Gasteiger partial charge in [-0.05, 0) is 41.5 Å². The number of hydrogen-bond donors (Lipinski definition) is 2. The highest BCUT2D eigenvalue weighted by Gasteiger charge is 2.34. The number of hydrogen-bond acceptors (Lipinski definition) is 5. The Labute approximate surface area is 186 Å². The molecule has 0 bridgehead atoms. The zero-order valence-corrected chi connectivity index (χ0v) is 17.8. The van der Waals surface area contributed by atoms with Gasteiger partial charge in [-0.1, -0.05) is 48.5 Å². The van der Waals surface area contributed by atoms with Gasteiger partial charge in [0, 0.05) is 24.9 Å². The minimum atomic E-state index is -1.15. The Morgan fingerprint density at radius 2 is 1.66 bits per heavy atom. The third-order valence-corrected chi connectivity index (χ3v) is 6.14. The fourth-order valence-electron chi connectivity index (χ4n) is 4.62. The normalized spacial score (nSPS) is 19.2. The van der Waals surface area contributed by atoms with E-state index in [-0.39, 0.29) is 30.4 Å². The summed E-state index contributed by atoms with van der Waals surface area (Å²) < 4.78 is 5.57. The first-order valence-electron chi connectivity index (χ1n) is 10.7. The van der Waals surface area contributed by atoms with Crippen LogP contribution in [-0.2, 0) is 19.2 Å². The monoisotopic (exact) mass is 438 g/mol. The van der Waals surface area contributed by atoms with E-state index in [0.29, 0.717) is 19.3 Å². The zero-order chi connectivity index (χ0) is 22.7. The van der Waals surface area contributed by atoms with E-state index in [1.807, 2.05) is 24.3 Å². The molecule has 8 heteroatoms. The molecule has 0 spiro atoms. The molecule has 0 unspecified atom stereocenters. The van der Waals surface area contributed by atoms with Gasteiger partial charge in [0.1, 0.15) is 6.61 Å². The Hall–Kier alpha value is -3.39. The molecule has 168 valence electrons. The number of alkyl carbamates (subject to hydrolysis) is 1. The largest absolute Gasteiger partial charge is 0.479 e. The van der Waals surface area contributed by atoms with Gasteiger partial charge in [0.15, 0.2) is 6.61 Å². The smallest absolute Gasteiger partial charge is 0.407 e. The minimum Gasteiger partial charge on any atom is -0.479 e. The number of aliphatic carboxylic acids is 1. The second-order valence-corrected chi connectivity index (χ2v) is 8.18. The van der Waals surface area contributed by atoms with E-state index in [4.69, 9.17) is 14.7 Å². The van der Waals surface area contributed by atoms with E-state index in [9.17, 15) is 14.4 Å². The molecule has 4 rings (SSSR count). The number of carbonyl (C=O) groups excluding carboxylic acids is 2. The highest BCUT2D eigenvalue weighted by Crippen LogP contribution is 2.44. The summed E-state index contributed by atoms with van der Waals surface area (Å²) in [7, 11) is 1.40. The highest BCUT2D eigenvalue weighted by molar-refractivity contribution is 5.80. The van der Waals surface area contributed by atoms with Crippen molar-refractivity contribution < 1.29 is 29.1 Å². The van der Waals surface area contributed by atoms with Crippen molar-refractivity contribution in [3.8, 4) is 11.1 Å². The van der Waals surface area contributed by atoms with Gasteiger partial charge in [0.2, 0.25) is 5.91 Å². The molecule has 2 amide bonds. The molecular formula is C24H26N2O6. The summed E-state index contributed by atoms with van der Waals surface area (Å²) in [5, 5.41) is 12.5. The maximum absolute atomic E-state index is 12.4. The summed E-state index contributed by atoms with van der Waals surface area (Å²) >= 11 is 0. The molecule has 2 aromatic rings. The standard InChI is InChI=1S/C24H26N2O6/c1-26(32-14-22(27)28)23(29)15-10-11-16(12-15)25-24(30)31-13-21-19-8-4-2-6-17(19)18-7-3-5-9-20(18)21/h2-9,15-16,21H,10-14H2,1H3,(H,25,30)(H,27,28)/t15-,16+/m1/s1. The van der Waals surface area contributed by atoms with Gasteiger partial charge in [-0.15, -0.1) is 0 Å². The van der Waals surface area contributed by atoms with Crippen LogP contribution in [0.1, 0.15) is 36.3 Å². The molecule has 0 heterocycles. The third-order valence-electron chi connectivity index (χ3n) is 6.14. The third kappa shape index (κ3) is 4.60. The van der Waals surface area contributed by atoms with Gasteiger partial charge in [0.05, 0.1) is 0 Å². The number of ether oxygens (including phenoxy) is 1. The van der Waals surface area contributed by atoms with Crippen LogP contribution in [-0.4, -0.2) is 54.4 Å². The molecule has 2 atom stereocenters. The van der Waals surface area contributed by atoms with Crippen molar-refractivity contribution >= 4 is 18.0 Å². The molecule has 2 aromatic carbocycles. The van der Waals surface area contributed by atoms with Crippen molar-refractivity contribution in [2.45, 2.75) is 31.2 Å². The molecule has 0 aromatic heterocycles. The Morgan fingerprint density at radius 3 is 2.28 bits per heavy atom. The number of nitrogens with zero attached hydrogens (tertiary/aromatic N) is 1. The fraction of sp³-hybridized carbons (Fsp3) is 0.375. The van der Waals surface area contributed by atoms with Gasteiger partial charge in [-0.2, -0.15) is 0 Å². The molecule has 0 saturated heterocycles. The maximum Gasteiger partial charge on any atom is 0.407 e. The lowest BCUT2D eigenvalue weighted by Gasteiger charge is -2.20. The van der Waals surface area contributed by atoms with Crippen LogP contribution in [0.4, 0.5) is 4.79 Å². The van der Waals surface area contributed by atoms with Crippen LogP contribution in [0.25, 0.3) is 11.1 Å². The van der Waals surface area contributed by atoms with Crippen molar-refractivity contribution in [1.82, 2.24) is 10.4 Å². The lowest BCUT2D eigenvalue weighted by molar-refractivity contribution is -0.189. The van der Waals surface area contributed by atoms with E-state index in [2.05, 4.69) is 29.6 Å². The molecule has 0 radical (unpaired) electrons. The van der Waals surface area contributed by atoms with Crippen molar-refractivity contribution in [3.05, 3.63) is 59.7 Å². The number of carboxylic acid groups (broad SMARTS) is 1. The number of carboxylic acids is 1. The van der Waals surface area contributed by atoms with E-state index >= 15 is 0 Å². The Kier molecular flexibility index (Phi) is 6.41. The second kappa shape index (κ2) is 9.40. The van der Waals surface area contributed by atoms with E-state index in [1.165, 1.54) is 18.2 Å². The molecule has 1 saturated carbocycles. The first-order valence-corrected chi connectivity index (χ1v) is 10.7. The van der Waals surface area contributed by atoms with Crippen molar-refractivity contribution in [2.24, 2.45) is 5.92 Å². The first-order chi connectivity index (χ1) is 15.4. The average Bonchev–Trinajstić information content (AvgIpc) is 3.38. The molecule has 2 aliphatic rings. The van der Waals surface area contributed by atoms with Crippen molar-refractivity contribution in [2.75, 3.05) is 20.3 Å². The average molecular weight is 438 g/mol. The van der Waals surface area contributed by atoms with Crippen LogP contribution in [0.5, 0.6) is 0 Å². The minimum absolute atomic E-state index is 0.00825. The van der Waals surface area contributed by atoms with Crippen molar-refractivity contribution in [3.63, 3.8) is 0 Å². The topological polar surface area (TPSA) is 105 Å². The fourth-order valence-corrected chi connectivity index (χ4v) is 4.62. The van der Waals surface area contributed by atoms with Gasteiger partial charge >= 0.3 is 12.1 Å². The number of benzene rings is 2.